The van der Waals surface area contributed by atoms with E-state index in [1.165, 1.54) is 0 Å². The number of nitrogens with one attached hydrogen (secondary N) is 2. The van der Waals surface area contributed by atoms with E-state index in [1.54, 1.807) is 7.11 Å². The van der Waals surface area contributed by atoms with E-state index in [1.807, 2.05) is 20.8 Å². The van der Waals surface area contributed by atoms with Crippen molar-refractivity contribution in [1.29, 1.82) is 0 Å². The summed E-state index contributed by atoms with van der Waals surface area (Å²) in [6.45, 7) is 7.00. The predicted molar refractivity (Wildman–Crippen MR) is 82.3 cm³/mol. The van der Waals surface area contributed by atoms with Crippen LogP contribution >= 0.6 is 0 Å². The number of ether oxygens (including phenoxy) is 1. The average Bonchev–Trinajstić information content (AvgIpc) is 2.35. The molecule has 2 amide bonds. The van der Waals surface area contributed by atoms with Crippen molar-refractivity contribution in [2.45, 2.75) is 52.5 Å². The maximum atomic E-state index is 11.9. The number of carbonyl (C=O) groups is 2. The number of rotatable bonds is 11. The number of hydrogen-bond acceptors (Lipinski definition) is 3. The molecular formula is C15H30N2O4. The number of carbonyl (C=O) groups excluding carboxylic acids is 1. The van der Waals surface area contributed by atoms with Gasteiger partial charge < -0.3 is 20.5 Å². The van der Waals surface area contributed by atoms with Gasteiger partial charge >= 0.3 is 12.0 Å². The Morgan fingerprint density at radius 1 is 1.29 bits per heavy atom. The van der Waals surface area contributed by atoms with Crippen LogP contribution < -0.4 is 10.6 Å². The molecule has 0 radical (unpaired) electrons. The van der Waals surface area contributed by atoms with Crippen molar-refractivity contribution in [3.05, 3.63) is 0 Å². The van der Waals surface area contributed by atoms with E-state index in [9.17, 15) is 9.59 Å². The van der Waals surface area contributed by atoms with Gasteiger partial charge in [0.05, 0.1) is 12.6 Å². The van der Waals surface area contributed by atoms with Gasteiger partial charge in [-0.15, -0.1) is 0 Å². The van der Waals surface area contributed by atoms with E-state index >= 15 is 0 Å². The molecule has 0 rings (SSSR count). The topological polar surface area (TPSA) is 87.7 Å². The number of hydrogen-bond donors (Lipinski definition) is 3. The highest BCUT2D eigenvalue weighted by Crippen LogP contribution is 2.14. The van der Waals surface area contributed by atoms with Crippen LogP contribution in [0.1, 0.15) is 46.5 Å². The minimum Gasteiger partial charge on any atom is -0.481 e. The van der Waals surface area contributed by atoms with Crippen molar-refractivity contribution in [3.8, 4) is 0 Å². The summed E-state index contributed by atoms with van der Waals surface area (Å²) in [6.07, 6.45) is 2.67. The molecule has 6 heteroatoms. The molecule has 6 nitrogen and oxygen atoms in total. The van der Waals surface area contributed by atoms with Crippen molar-refractivity contribution in [2.75, 3.05) is 20.3 Å². The summed E-state index contributed by atoms with van der Waals surface area (Å²) >= 11 is 0. The van der Waals surface area contributed by atoms with Crippen LogP contribution in [0, 0.1) is 11.8 Å². The Hall–Kier alpha value is -1.30. The Bertz CT molecular complexity index is 302. The quantitative estimate of drug-likeness (QED) is 0.546. The van der Waals surface area contributed by atoms with Crippen molar-refractivity contribution < 1.29 is 19.4 Å². The van der Waals surface area contributed by atoms with Crippen molar-refractivity contribution >= 4 is 12.0 Å². The summed E-state index contributed by atoms with van der Waals surface area (Å²) in [5, 5.41) is 14.5. The fraction of sp³-hybridized carbons (Fsp3) is 0.867. The second-order valence-electron chi connectivity index (χ2n) is 5.89. The Morgan fingerprint density at radius 2 is 1.95 bits per heavy atom. The van der Waals surface area contributed by atoms with Gasteiger partial charge in [-0.2, -0.15) is 0 Å². The summed E-state index contributed by atoms with van der Waals surface area (Å²) in [5.74, 6) is -0.466. The lowest BCUT2D eigenvalue weighted by Gasteiger charge is -2.21. The number of urea groups is 1. The third kappa shape index (κ3) is 11.1. The van der Waals surface area contributed by atoms with Crippen LogP contribution in [0.25, 0.3) is 0 Å². The standard InChI is InChI=1S/C15H30N2O4/c1-5-6-13(10-21-4)17-15(20)16-9-12(7-11(2)3)8-14(18)19/h11-13H,5-10H2,1-4H3,(H,18,19)(H2,16,17,20). The van der Waals surface area contributed by atoms with Crippen LogP contribution in [0.4, 0.5) is 4.79 Å². The Morgan fingerprint density at radius 3 is 2.43 bits per heavy atom. The van der Waals surface area contributed by atoms with E-state index in [2.05, 4.69) is 10.6 Å². The first kappa shape index (κ1) is 19.7. The number of amides is 2. The maximum absolute atomic E-state index is 11.9. The third-order valence-corrected chi connectivity index (χ3v) is 3.16. The summed E-state index contributed by atoms with van der Waals surface area (Å²) in [4.78, 5) is 22.7. The largest absolute Gasteiger partial charge is 0.481 e. The normalized spacial score (nSPS) is 13.8. The first-order valence-corrected chi connectivity index (χ1v) is 7.64. The van der Waals surface area contributed by atoms with Gasteiger partial charge in [-0.3, -0.25) is 4.79 Å². The lowest BCUT2D eigenvalue weighted by atomic mass is 9.94. The van der Waals surface area contributed by atoms with E-state index in [0.717, 1.165) is 19.3 Å². The molecule has 0 saturated carbocycles. The molecule has 3 N–H and O–H groups in total. The summed E-state index contributed by atoms with van der Waals surface area (Å²) in [7, 11) is 1.60. The molecule has 0 aliphatic heterocycles. The molecule has 21 heavy (non-hydrogen) atoms. The molecule has 0 aromatic rings. The Kier molecular flexibility index (Phi) is 10.7. The van der Waals surface area contributed by atoms with Gasteiger partial charge in [-0.1, -0.05) is 27.2 Å². The second-order valence-corrected chi connectivity index (χ2v) is 5.89. The highest BCUT2D eigenvalue weighted by Gasteiger charge is 2.17. The Labute approximate surface area is 127 Å². The number of methoxy groups -OCH3 is 1. The fourth-order valence-electron chi connectivity index (χ4n) is 2.37. The molecule has 0 fully saturated rings. The molecule has 0 heterocycles. The van der Waals surface area contributed by atoms with Gasteiger partial charge in [0.25, 0.3) is 0 Å². The van der Waals surface area contributed by atoms with Crippen LogP contribution in [-0.4, -0.2) is 43.4 Å². The van der Waals surface area contributed by atoms with Gasteiger partial charge in [-0.05, 0) is 24.7 Å². The summed E-state index contributed by atoms with van der Waals surface area (Å²) < 4.78 is 5.07. The van der Waals surface area contributed by atoms with Gasteiger partial charge in [0.1, 0.15) is 0 Å². The van der Waals surface area contributed by atoms with Crippen LogP contribution in [-0.2, 0) is 9.53 Å². The smallest absolute Gasteiger partial charge is 0.315 e. The van der Waals surface area contributed by atoms with Crippen LogP contribution in [0.3, 0.4) is 0 Å². The predicted octanol–water partition coefficient (Wildman–Crippen LogP) is 2.24. The molecule has 2 unspecified atom stereocenters. The van der Waals surface area contributed by atoms with Crippen molar-refractivity contribution in [2.24, 2.45) is 11.8 Å². The third-order valence-electron chi connectivity index (χ3n) is 3.16. The SMILES string of the molecule is CCCC(COC)NC(=O)NCC(CC(=O)O)CC(C)C. The zero-order valence-electron chi connectivity index (χ0n) is 13.6. The van der Waals surface area contributed by atoms with Gasteiger partial charge in [0.15, 0.2) is 0 Å². The monoisotopic (exact) mass is 302 g/mol. The number of carboxylic acid groups (broad SMARTS) is 1. The molecule has 0 bridgehead atoms. The molecule has 0 aliphatic rings. The van der Waals surface area contributed by atoms with Gasteiger partial charge in [-0.25, -0.2) is 4.79 Å². The zero-order valence-corrected chi connectivity index (χ0v) is 13.6. The van der Waals surface area contributed by atoms with Crippen LogP contribution in [0.15, 0.2) is 0 Å². The van der Waals surface area contributed by atoms with Crippen LogP contribution in [0.5, 0.6) is 0 Å². The first-order valence-electron chi connectivity index (χ1n) is 7.64. The molecule has 0 aromatic heterocycles. The molecule has 124 valence electrons. The summed E-state index contributed by atoms with van der Waals surface area (Å²) in [6, 6.07) is -0.271. The molecule has 2 atom stereocenters. The van der Waals surface area contributed by atoms with Crippen molar-refractivity contribution in [3.63, 3.8) is 0 Å². The number of aliphatic carboxylic acids is 1. The fourth-order valence-corrected chi connectivity index (χ4v) is 2.37. The molecular weight excluding hydrogens is 272 g/mol. The minimum atomic E-state index is -0.828. The molecule has 0 aliphatic carbocycles. The Balaban J connectivity index is 4.23. The van der Waals surface area contributed by atoms with E-state index in [0.29, 0.717) is 19.1 Å². The number of carboxylic acids is 1. The lowest BCUT2D eigenvalue weighted by molar-refractivity contribution is -0.138. The highest BCUT2D eigenvalue weighted by atomic mass is 16.5. The van der Waals surface area contributed by atoms with Gasteiger partial charge in [0.2, 0.25) is 0 Å². The minimum absolute atomic E-state index is 0.0111. The maximum Gasteiger partial charge on any atom is 0.315 e. The highest BCUT2D eigenvalue weighted by molar-refractivity contribution is 5.74. The van der Waals surface area contributed by atoms with E-state index < -0.39 is 5.97 Å². The van der Waals surface area contributed by atoms with E-state index in [4.69, 9.17) is 9.84 Å². The zero-order chi connectivity index (χ0) is 16.3. The van der Waals surface area contributed by atoms with Crippen molar-refractivity contribution in [1.82, 2.24) is 10.6 Å². The van der Waals surface area contributed by atoms with Crippen LogP contribution in [0.2, 0.25) is 0 Å². The molecule has 0 spiro atoms. The van der Waals surface area contributed by atoms with Gasteiger partial charge in [0, 0.05) is 20.1 Å². The molecule has 0 saturated heterocycles. The lowest BCUT2D eigenvalue weighted by Crippen LogP contribution is -2.45. The first-order chi connectivity index (χ1) is 9.88. The molecule has 0 aromatic carbocycles. The average molecular weight is 302 g/mol. The second kappa shape index (κ2) is 11.4. The summed E-state index contributed by atoms with van der Waals surface area (Å²) in [5.41, 5.74) is 0. The van der Waals surface area contributed by atoms with E-state index in [-0.39, 0.29) is 24.4 Å².